The van der Waals surface area contributed by atoms with Crippen LogP contribution < -0.4 is 0 Å². The summed E-state index contributed by atoms with van der Waals surface area (Å²) in [6, 6.07) is 6.23. The zero-order valence-electron chi connectivity index (χ0n) is 9.12. The average Bonchev–Trinajstić information content (AvgIpc) is 2.63. The van der Waals surface area contributed by atoms with Crippen molar-refractivity contribution in [2.24, 2.45) is 0 Å². The predicted molar refractivity (Wildman–Crippen MR) is 68.0 cm³/mol. The SMILES string of the molecule is Cc1ccc(C)c(-c2nc(Cl)c(CO)s2)c1. The zero-order chi connectivity index (χ0) is 11.7. The number of aliphatic hydroxyl groups excluding tert-OH is 1. The lowest BCUT2D eigenvalue weighted by Crippen LogP contribution is -1.83. The van der Waals surface area contributed by atoms with E-state index in [1.54, 1.807) is 0 Å². The lowest BCUT2D eigenvalue weighted by atomic mass is 10.1. The molecule has 2 aromatic rings. The average molecular weight is 254 g/mol. The number of nitrogens with zero attached hydrogens (tertiary/aromatic N) is 1. The van der Waals surface area contributed by atoms with Gasteiger partial charge in [-0.15, -0.1) is 11.3 Å². The number of thiazole rings is 1. The van der Waals surface area contributed by atoms with Crippen LogP contribution in [-0.4, -0.2) is 10.1 Å². The smallest absolute Gasteiger partial charge is 0.146 e. The first-order valence-corrected chi connectivity index (χ1v) is 6.15. The van der Waals surface area contributed by atoms with E-state index in [0.717, 1.165) is 15.4 Å². The van der Waals surface area contributed by atoms with Crippen molar-refractivity contribution in [3.05, 3.63) is 39.4 Å². The van der Waals surface area contributed by atoms with Crippen molar-refractivity contribution in [3.63, 3.8) is 0 Å². The van der Waals surface area contributed by atoms with E-state index in [-0.39, 0.29) is 6.61 Å². The van der Waals surface area contributed by atoms with Crippen LogP contribution >= 0.6 is 22.9 Å². The van der Waals surface area contributed by atoms with Crippen LogP contribution in [0.4, 0.5) is 0 Å². The van der Waals surface area contributed by atoms with E-state index in [9.17, 15) is 0 Å². The number of hydrogen-bond donors (Lipinski definition) is 1. The highest BCUT2D eigenvalue weighted by Gasteiger charge is 2.11. The molecule has 0 spiro atoms. The van der Waals surface area contributed by atoms with Crippen LogP contribution in [0.3, 0.4) is 0 Å². The van der Waals surface area contributed by atoms with Crippen molar-refractivity contribution in [2.75, 3.05) is 0 Å². The minimum absolute atomic E-state index is 0.0542. The Morgan fingerprint density at radius 3 is 2.75 bits per heavy atom. The molecule has 0 saturated heterocycles. The van der Waals surface area contributed by atoms with E-state index in [1.165, 1.54) is 22.5 Å². The minimum Gasteiger partial charge on any atom is -0.391 e. The molecular formula is C12H12ClNOS. The zero-order valence-corrected chi connectivity index (χ0v) is 10.7. The topological polar surface area (TPSA) is 33.1 Å². The van der Waals surface area contributed by atoms with Crippen molar-refractivity contribution >= 4 is 22.9 Å². The monoisotopic (exact) mass is 253 g/mol. The fourth-order valence-corrected chi connectivity index (χ4v) is 2.72. The van der Waals surface area contributed by atoms with E-state index in [4.69, 9.17) is 16.7 Å². The molecule has 1 N–H and O–H groups in total. The van der Waals surface area contributed by atoms with Gasteiger partial charge in [-0.3, -0.25) is 0 Å². The Morgan fingerprint density at radius 1 is 1.38 bits per heavy atom. The molecule has 1 aromatic carbocycles. The van der Waals surface area contributed by atoms with Crippen LogP contribution in [0.15, 0.2) is 18.2 Å². The van der Waals surface area contributed by atoms with Crippen molar-refractivity contribution in [1.29, 1.82) is 0 Å². The third-order valence-electron chi connectivity index (χ3n) is 2.42. The van der Waals surface area contributed by atoms with Gasteiger partial charge in [-0.05, 0) is 25.5 Å². The predicted octanol–water partition coefficient (Wildman–Crippen LogP) is 3.57. The lowest BCUT2D eigenvalue weighted by Gasteiger charge is -2.02. The molecule has 0 aliphatic carbocycles. The van der Waals surface area contributed by atoms with Gasteiger partial charge < -0.3 is 5.11 Å². The van der Waals surface area contributed by atoms with Gasteiger partial charge in [0, 0.05) is 5.56 Å². The molecule has 0 aliphatic rings. The van der Waals surface area contributed by atoms with Gasteiger partial charge in [0.15, 0.2) is 0 Å². The van der Waals surface area contributed by atoms with Gasteiger partial charge in [-0.2, -0.15) is 0 Å². The molecule has 0 bridgehead atoms. The Kier molecular flexibility index (Phi) is 3.28. The summed E-state index contributed by atoms with van der Waals surface area (Å²) in [5.41, 5.74) is 3.45. The summed E-state index contributed by atoms with van der Waals surface area (Å²) in [5, 5.41) is 10.4. The molecule has 0 amide bonds. The summed E-state index contributed by atoms with van der Waals surface area (Å²) >= 11 is 7.37. The Hall–Kier alpha value is -0.900. The van der Waals surface area contributed by atoms with Gasteiger partial charge in [0.05, 0.1) is 11.5 Å². The highest BCUT2D eigenvalue weighted by Crippen LogP contribution is 2.33. The van der Waals surface area contributed by atoms with E-state index in [1.807, 2.05) is 13.8 Å². The molecule has 0 saturated carbocycles. The number of halogens is 1. The summed E-state index contributed by atoms with van der Waals surface area (Å²) in [4.78, 5) is 5.00. The van der Waals surface area contributed by atoms with Crippen molar-refractivity contribution in [1.82, 2.24) is 4.98 Å². The molecule has 2 nitrogen and oxygen atoms in total. The molecule has 16 heavy (non-hydrogen) atoms. The van der Waals surface area contributed by atoms with Crippen molar-refractivity contribution in [2.45, 2.75) is 20.5 Å². The Balaban J connectivity index is 2.53. The van der Waals surface area contributed by atoms with Crippen LogP contribution in [0.5, 0.6) is 0 Å². The molecule has 0 fully saturated rings. The van der Waals surface area contributed by atoms with Crippen molar-refractivity contribution < 1.29 is 5.11 Å². The number of aliphatic hydroxyl groups is 1. The lowest BCUT2D eigenvalue weighted by molar-refractivity contribution is 0.285. The second-order valence-electron chi connectivity index (χ2n) is 3.71. The summed E-state index contributed by atoms with van der Waals surface area (Å²) in [6.07, 6.45) is 0. The third kappa shape index (κ3) is 2.12. The normalized spacial score (nSPS) is 10.8. The molecule has 0 atom stereocenters. The van der Waals surface area contributed by atoms with Crippen LogP contribution in [-0.2, 0) is 6.61 Å². The number of hydrogen-bond acceptors (Lipinski definition) is 3. The molecule has 1 heterocycles. The molecule has 4 heteroatoms. The second kappa shape index (κ2) is 4.53. The number of aryl methyl sites for hydroxylation is 2. The Labute approximate surface area is 104 Å². The third-order valence-corrected chi connectivity index (χ3v) is 3.91. The molecule has 0 unspecified atom stereocenters. The Bertz CT molecular complexity index is 522. The molecular weight excluding hydrogens is 242 g/mol. The maximum Gasteiger partial charge on any atom is 0.146 e. The first-order chi connectivity index (χ1) is 7.61. The van der Waals surface area contributed by atoms with Gasteiger partial charge >= 0.3 is 0 Å². The number of benzene rings is 1. The fraction of sp³-hybridized carbons (Fsp3) is 0.250. The van der Waals surface area contributed by atoms with Crippen LogP contribution in [0.1, 0.15) is 16.0 Å². The van der Waals surface area contributed by atoms with E-state index >= 15 is 0 Å². The van der Waals surface area contributed by atoms with Crippen LogP contribution in [0.25, 0.3) is 10.6 Å². The van der Waals surface area contributed by atoms with Crippen LogP contribution in [0, 0.1) is 13.8 Å². The number of rotatable bonds is 2. The van der Waals surface area contributed by atoms with E-state index < -0.39 is 0 Å². The molecule has 84 valence electrons. The maximum absolute atomic E-state index is 9.09. The Morgan fingerprint density at radius 2 is 2.12 bits per heavy atom. The van der Waals surface area contributed by atoms with Gasteiger partial charge in [-0.1, -0.05) is 29.3 Å². The quantitative estimate of drug-likeness (QED) is 0.888. The molecule has 0 aliphatic heterocycles. The van der Waals surface area contributed by atoms with Gasteiger partial charge in [-0.25, -0.2) is 4.98 Å². The summed E-state index contributed by atoms with van der Waals surface area (Å²) < 4.78 is 0. The fourth-order valence-electron chi connectivity index (χ4n) is 1.51. The molecule has 1 aromatic heterocycles. The first-order valence-electron chi connectivity index (χ1n) is 4.95. The standard InChI is InChI=1S/C12H12ClNOS/c1-7-3-4-8(2)9(5-7)12-14-11(13)10(6-15)16-12/h3-5,15H,6H2,1-2H3. The van der Waals surface area contributed by atoms with Gasteiger partial charge in [0.1, 0.15) is 10.2 Å². The largest absolute Gasteiger partial charge is 0.391 e. The van der Waals surface area contributed by atoms with Gasteiger partial charge in [0.2, 0.25) is 0 Å². The minimum atomic E-state index is -0.0542. The van der Waals surface area contributed by atoms with E-state index in [2.05, 4.69) is 23.2 Å². The maximum atomic E-state index is 9.09. The molecule has 2 rings (SSSR count). The first kappa shape index (κ1) is 11.6. The highest BCUT2D eigenvalue weighted by molar-refractivity contribution is 7.15. The highest BCUT2D eigenvalue weighted by atomic mass is 35.5. The van der Waals surface area contributed by atoms with E-state index in [0.29, 0.717) is 5.15 Å². The summed E-state index contributed by atoms with van der Waals surface area (Å²) in [5.74, 6) is 0. The molecule has 0 radical (unpaired) electrons. The van der Waals surface area contributed by atoms with Gasteiger partial charge in [0.25, 0.3) is 0 Å². The summed E-state index contributed by atoms with van der Waals surface area (Å²) in [7, 11) is 0. The second-order valence-corrected chi connectivity index (χ2v) is 5.15. The van der Waals surface area contributed by atoms with Crippen molar-refractivity contribution in [3.8, 4) is 10.6 Å². The number of aromatic nitrogens is 1. The van der Waals surface area contributed by atoms with Crippen LogP contribution in [0.2, 0.25) is 5.15 Å². The summed E-state index contributed by atoms with van der Waals surface area (Å²) in [6.45, 7) is 4.04.